The maximum absolute atomic E-state index is 8.91. The number of hydrogen-bond acceptors (Lipinski definition) is 3. The van der Waals surface area contributed by atoms with Gasteiger partial charge in [-0.3, -0.25) is 0 Å². The van der Waals surface area contributed by atoms with E-state index in [1.54, 1.807) is 0 Å². The van der Waals surface area contributed by atoms with Crippen LogP contribution in [0.3, 0.4) is 0 Å². The third kappa shape index (κ3) is 5.68. The summed E-state index contributed by atoms with van der Waals surface area (Å²) >= 11 is 0. The molecule has 0 amide bonds. The molecule has 1 aliphatic heterocycles. The van der Waals surface area contributed by atoms with Gasteiger partial charge in [0.25, 0.3) is 0 Å². The first kappa shape index (κ1) is 15.9. The van der Waals surface area contributed by atoms with Crippen molar-refractivity contribution in [3.8, 4) is 0 Å². The number of aliphatic hydroxyl groups is 1. The van der Waals surface area contributed by atoms with E-state index < -0.39 is 0 Å². The minimum absolute atomic E-state index is 0.294. The first-order valence-corrected chi connectivity index (χ1v) is 7.47. The summed E-state index contributed by atoms with van der Waals surface area (Å²) in [7, 11) is 2.21. The molecule has 1 aliphatic rings. The average Bonchev–Trinajstić information content (AvgIpc) is 2.35. The van der Waals surface area contributed by atoms with Gasteiger partial charge in [0, 0.05) is 19.2 Å². The molecule has 18 heavy (non-hydrogen) atoms. The standard InChI is InChI=1S/C15H32N2O/c1-13(14-6-9-17(4)10-7-14)16-12-15(2,3)8-5-11-18/h13-14,16,18H,5-12H2,1-4H3. The lowest BCUT2D eigenvalue weighted by Gasteiger charge is -2.35. The molecule has 1 rings (SSSR count). The van der Waals surface area contributed by atoms with Crippen molar-refractivity contribution in [3.05, 3.63) is 0 Å². The predicted molar refractivity (Wildman–Crippen MR) is 77.8 cm³/mol. The zero-order valence-corrected chi connectivity index (χ0v) is 12.7. The minimum atomic E-state index is 0.294. The van der Waals surface area contributed by atoms with E-state index in [2.05, 4.69) is 38.0 Å². The predicted octanol–water partition coefficient (Wildman–Crippen LogP) is 2.10. The Morgan fingerprint density at radius 3 is 2.50 bits per heavy atom. The van der Waals surface area contributed by atoms with Crippen LogP contribution in [0.2, 0.25) is 0 Å². The molecular formula is C15H32N2O. The number of nitrogens with one attached hydrogen (secondary N) is 1. The van der Waals surface area contributed by atoms with Crippen molar-refractivity contribution in [1.29, 1.82) is 0 Å². The SMILES string of the molecule is CC(NCC(C)(C)CCCO)C1CCN(C)CC1. The lowest BCUT2D eigenvalue weighted by atomic mass is 9.86. The maximum atomic E-state index is 8.91. The Morgan fingerprint density at radius 2 is 1.94 bits per heavy atom. The highest BCUT2D eigenvalue weighted by atomic mass is 16.2. The van der Waals surface area contributed by atoms with E-state index in [0.29, 0.717) is 18.1 Å². The number of aliphatic hydroxyl groups excluding tert-OH is 1. The van der Waals surface area contributed by atoms with Crippen molar-refractivity contribution in [1.82, 2.24) is 10.2 Å². The first-order valence-electron chi connectivity index (χ1n) is 7.47. The van der Waals surface area contributed by atoms with Crippen molar-refractivity contribution in [3.63, 3.8) is 0 Å². The Hall–Kier alpha value is -0.120. The van der Waals surface area contributed by atoms with E-state index in [1.165, 1.54) is 25.9 Å². The topological polar surface area (TPSA) is 35.5 Å². The molecule has 0 bridgehead atoms. The molecule has 0 radical (unpaired) electrons. The van der Waals surface area contributed by atoms with Gasteiger partial charge >= 0.3 is 0 Å². The molecule has 1 saturated heterocycles. The summed E-state index contributed by atoms with van der Waals surface area (Å²) in [5.41, 5.74) is 0.294. The molecule has 2 N–H and O–H groups in total. The molecule has 0 aromatic rings. The molecule has 0 spiro atoms. The molecule has 1 unspecified atom stereocenters. The van der Waals surface area contributed by atoms with Gasteiger partial charge in [-0.15, -0.1) is 0 Å². The molecule has 3 nitrogen and oxygen atoms in total. The van der Waals surface area contributed by atoms with Crippen LogP contribution in [-0.4, -0.2) is 49.3 Å². The first-order chi connectivity index (χ1) is 8.44. The van der Waals surface area contributed by atoms with E-state index >= 15 is 0 Å². The van der Waals surface area contributed by atoms with Gasteiger partial charge in [0.15, 0.2) is 0 Å². The summed E-state index contributed by atoms with van der Waals surface area (Å²) in [6.07, 6.45) is 4.65. The van der Waals surface area contributed by atoms with Gasteiger partial charge in [-0.05, 0) is 64.1 Å². The van der Waals surface area contributed by atoms with Crippen LogP contribution >= 0.6 is 0 Å². The molecule has 0 saturated carbocycles. The van der Waals surface area contributed by atoms with E-state index in [4.69, 9.17) is 5.11 Å². The lowest BCUT2D eigenvalue weighted by molar-refractivity contribution is 0.176. The Balaban J connectivity index is 2.25. The van der Waals surface area contributed by atoms with Gasteiger partial charge in [0.1, 0.15) is 0 Å². The van der Waals surface area contributed by atoms with Gasteiger partial charge in [-0.25, -0.2) is 0 Å². The fourth-order valence-corrected chi connectivity index (χ4v) is 2.78. The van der Waals surface area contributed by atoms with E-state index in [9.17, 15) is 0 Å². The van der Waals surface area contributed by atoms with Crippen LogP contribution < -0.4 is 5.32 Å². The fourth-order valence-electron chi connectivity index (χ4n) is 2.78. The minimum Gasteiger partial charge on any atom is -0.396 e. The Kier molecular flexibility index (Phi) is 6.61. The fraction of sp³-hybridized carbons (Fsp3) is 1.00. The van der Waals surface area contributed by atoms with Gasteiger partial charge in [0.2, 0.25) is 0 Å². The van der Waals surface area contributed by atoms with Crippen LogP contribution in [0.4, 0.5) is 0 Å². The van der Waals surface area contributed by atoms with Crippen LogP contribution in [0, 0.1) is 11.3 Å². The average molecular weight is 256 g/mol. The molecule has 0 aliphatic carbocycles. The highest BCUT2D eigenvalue weighted by Crippen LogP contribution is 2.23. The Bertz CT molecular complexity index is 223. The van der Waals surface area contributed by atoms with Crippen molar-refractivity contribution in [2.75, 3.05) is 33.3 Å². The van der Waals surface area contributed by atoms with Gasteiger partial charge in [0.05, 0.1) is 0 Å². The van der Waals surface area contributed by atoms with E-state index in [1.807, 2.05) is 0 Å². The highest BCUT2D eigenvalue weighted by molar-refractivity contribution is 4.81. The molecule has 108 valence electrons. The molecule has 1 atom stereocenters. The van der Waals surface area contributed by atoms with Crippen molar-refractivity contribution in [2.45, 2.75) is 52.5 Å². The lowest BCUT2D eigenvalue weighted by Crippen LogP contribution is -2.43. The van der Waals surface area contributed by atoms with Crippen LogP contribution in [0.25, 0.3) is 0 Å². The summed E-state index contributed by atoms with van der Waals surface area (Å²) in [4.78, 5) is 2.43. The van der Waals surface area contributed by atoms with Crippen molar-refractivity contribution in [2.24, 2.45) is 11.3 Å². The number of piperidine rings is 1. The molecule has 3 heteroatoms. The van der Waals surface area contributed by atoms with Gasteiger partial charge < -0.3 is 15.3 Å². The molecular weight excluding hydrogens is 224 g/mol. The normalized spacial score (nSPS) is 21.2. The molecule has 0 aromatic heterocycles. The van der Waals surface area contributed by atoms with Crippen LogP contribution in [0.15, 0.2) is 0 Å². The van der Waals surface area contributed by atoms with Crippen LogP contribution in [0.5, 0.6) is 0 Å². The maximum Gasteiger partial charge on any atom is 0.0431 e. The quantitative estimate of drug-likeness (QED) is 0.732. The summed E-state index contributed by atoms with van der Waals surface area (Å²) in [5.74, 6) is 0.829. The highest BCUT2D eigenvalue weighted by Gasteiger charge is 2.24. The summed E-state index contributed by atoms with van der Waals surface area (Å²) in [6, 6.07) is 0.618. The summed E-state index contributed by atoms with van der Waals surface area (Å²) in [6.45, 7) is 10.8. The molecule has 1 fully saturated rings. The molecule has 0 aromatic carbocycles. The summed E-state index contributed by atoms with van der Waals surface area (Å²) in [5, 5.41) is 12.6. The third-order valence-electron chi connectivity index (χ3n) is 4.38. The molecule has 1 heterocycles. The second kappa shape index (κ2) is 7.46. The van der Waals surface area contributed by atoms with E-state index in [0.717, 1.165) is 25.3 Å². The number of rotatable bonds is 7. The van der Waals surface area contributed by atoms with Crippen LogP contribution in [0.1, 0.15) is 46.5 Å². The summed E-state index contributed by atoms with van der Waals surface area (Å²) < 4.78 is 0. The Morgan fingerprint density at radius 1 is 1.33 bits per heavy atom. The Labute approximate surface area is 113 Å². The van der Waals surface area contributed by atoms with Crippen molar-refractivity contribution < 1.29 is 5.11 Å². The number of nitrogens with zero attached hydrogens (tertiary/aromatic N) is 1. The second-order valence-electron chi connectivity index (χ2n) is 6.80. The smallest absolute Gasteiger partial charge is 0.0431 e. The second-order valence-corrected chi connectivity index (χ2v) is 6.80. The van der Waals surface area contributed by atoms with E-state index in [-0.39, 0.29) is 0 Å². The van der Waals surface area contributed by atoms with Crippen molar-refractivity contribution >= 4 is 0 Å². The number of hydrogen-bond donors (Lipinski definition) is 2. The zero-order chi connectivity index (χ0) is 13.6. The van der Waals surface area contributed by atoms with Gasteiger partial charge in [-0.1, -0.05) is 13.8 Å². The monoisotopic (exact) mass is 256 g/mol. The third-order valence-corrected chi connectivity index (χ3v) is 4.38. The zero-order valence-electron chi connectivity index (χ0n) is 12.7. The largest absolute Gasteiger partial charge is 0.396 e. The van der Waals surface area contributed by atoms with Gasteiger partial charge in [-0.2, -0.15) is 0 Å². The van der Waals surface area contributed by atoms with Crippen LogP contribution in [-0.2, 0) is 0 Å². The number of likely N-dealkylation sites (tertiary alicyclic amines) is 1.